The standard InChI is InChI=1S/C58H40N2OS/c1-57(2)43-21-9-5-15-35(43)37-19-13-23-47(53(37)57)59-45-29-27-33(31-41(45)51-39-17-7-11-25-49(39)61-55(51)59)34-28-30-46-42(32-34)52-40-18-8-12-26-50(40)62-56(52)60(46)48-24-14-20-38-36-16-6-10-22-44(36)58(3,4)54(38)48/h5-32H,1-4H3. The van der Waals surface area contributed by atoms with Crippen molar-refractivity contribution in [1.29, 1.82) is 0 Å². The third-order valence-corrected chi connectivity index (χ3v) is 15.7. The van der Waals surface area contributed by atoms with Crippen molar-refractivity contribution in [3.05, 3.63) is 192 Å². The molecule has 4 heterocycles. The predicted molar refractivity (Wildman–Crippen MR) is 261 cm³/mol. The van der Waals surface area contributed by atoms with Crippen LogP contribution < -0.4 is 0 Å². The molecule has 0 spiro atoms. The number of fused-ring (bicyclic) bond motifs is 16. The molecule has 0 saturated heterocycles. The summed E-state index contributed by atoms with van der Waals surface area (Å²) in [6.45, 7) is 9.51. The van der Waals surface area contributed by atoms with Gasteiger partial charge in [-0.05, 0) is 104 Å². The molecule has 294 valence electrons. The van der Waals surface area contributed by atoms with E-state index in [-0.39, 0.29) is 10.8 Å². The fraction of sp³-hybridized carbons (Fsp3) is 0.103. The fourth-order valence-corrected chi connectivity index (χ4v) is 13.1. The van der Waals surface area contributed by atoms with Gasteiger partial charge in [0.05, 0.1) is 27.8 Å². The number of para-hydroxylation sites is 1. The molecule has 4 aromatic heterocycles. The van der Waals surface area contributed by atoms with Crippen LogP contribution in [0.5, 0.6) is 0 Å². The first-order chi connectivity index (χ1) is 30.3. The molecule has 0 bridgehead atoms. The third kappa shape index (κ3) is 4.25. The molecule has 0 radical (unpaired) electrons. The van der Waals surface area contributed by atoms with E-state index in [1.165, 1.54) is 104 Å². The first kappa shape index (κ1) is 34.6. The number of benzene rings is 8. The summed E-state index contributed by atoms with van der Waals surface area (Å²) in [4.78, 5) is 1.29. The summed E-state index contributed by atoms with van der Waals surface area (Å²) >= 11 is 1.90. The van der Waals surface area contributed by atoms with Crippen LogP contribution >= 0.6 is 11.3 Å². The van der Waals surface area contributed by atoms with E-state index in [0.717, 1.165) is 27.6 Å². The van der Waals surface area contributed by atoms with E-state index in [1.54, 1.807) is 0 Å². The number of hydrogen-bond donors (Lipinski definition) is 0. The van der Waals surface area contributed by atoms with Gasteiger partial charge in [-0.2, -0.15) is 0 Å². The molecule has 0 atom stereocenters. The lowest BCUT2D eigenvalue weighted by Crippen LogP contribution is -2.17. The monoisotopic (exact) mass is 812 g/mol. The van der Waals surface area contributed by atoms with Crippen molar-refractivity contribution in [2.45, 2.75) is 38.5 Å². The summed E-state index contributed by atoms with van der Waals surface area (Å²) in [6.07, 6.45) is 0. The molecule has 14 rings (SSSR count). The van der Waals surface area contributed by atoms with Crippen molar-refractivity contribution in [3.8, 4) is 44.8 Å². The van der Waals surface area contributed by atoms with Crippen LogP contribution in [0.25, 0.3) is 109 Å². The topological polar surface area (TPSA) is 23.0 Å². The molecule has 2 aliphatic carbocycles. The maximum absolute atomic E-state index is 6.88. The van der Waals surface area contributed by atoms with Crippen LogP contribution in [0.1, 0.15) is 49.9 Å². The minimum absolute atomic E-state index is 0.143. The first-order valence-electron chi connectivity index (χ1n) is 21.7. The highest BCUT2D eigenvalue weighted by molar-refractivity contribution is 7.25. The van der Waals surface area contributed by atoms with Crippen molar-refractivity contribution in [1.82, 2.24) is 9.13 Å². The number of thiophene rings is 1. The summed E-state index contributed by atoms with van der Waals surface area (Å²) < 4.78 is 13.1. The van der Waals surface area contributed by atoms with Gasteiger partial charge >= 0.3 is 0 Å². The Morgan fingerprint density at radius 1 is 0.435 bits per heavy atom. The largest absolute Gasteiger partial charge is 0.439 e. The average molecular weight is 813 g/mol. The Morgan fingerprint density at radius 2 is 0.952 bits per heavy atom. The van der Waals surface area contributed by atoms with Gasteiger partial charge in [-0.3, -0.25) is 4.57 Å². The van der Waals surface area contributed by atoms with Gasteiger partial charge in [0, 0.05) is 42.5 Å². The van der Waals surface area contributed by atoms with Gasteiger partial charge < -0.3 is 8.98 Å². The molecule has 0 saturated carbocycles. The summed E-state index contributed by atoms with van der Waals surface area (Å²) in [5, 5.41) is 7.40. The Morgan fingerprint density at radius 3 is 1.61 bits per heavy atom. The molecule has 0 aliphatic heterocycles. The summed E-state index contributed by atoms with van der Waals surface area (Å²) in [7, 11) is 0. The lowest BCUT2D eigenvalue weighted by atomic mass is 9.81. The molecule has 62 heavy (non-hydrogen) atoms. The van der Waals surface area contributed by atoms with Gasteiger partial charge in [-0.1, -0.05) is 149 Å². The second-order valence-corrected chi connectivity index (χ2v) is 19.5. The van der Waals surface area contributed by atoms with Crippen LogP contribution in [-0.2, 0) is 10.8 Å². The number of hydrogen-bond acceptors (Lipinski definition) is 2. The normalized spacial score (nSPS) is 14.7. The predicted octanol–water partition coefficient (Wildman–Crippen LogP) is 16.1. The second-order valence-electron chi connectivity index (χ2n) is 18.4. The molecule has 8 aromatic carbocycles. The van der Waals surface area contributed by atoms with Crippen LogP contribution in [0, 0.1) is 0 Å². The lowest BCUT2D eigenvalue weighted by molar-refractivity contribution is 0.634. The van der Waals surface area contributed by atoms with Crippen molar-refractivity contribution in [2.24, 2.45) is 0 Å². The van der Waals surface area contributed by atoms with Crippen LogP contribution in [0.2, 0.25) is 0 Å². The zero-order valence-corrected chi connectivity index (χ0v) is 35.7. The van der Waals surface area contributed by atoms with Gasteiger partial charge in [0.15, 0.2) is 0 Å². The molecule has 2 aliphatic rings. The molecule has 0 unspecified atom stereocenters. The van der Waals surface area contributed by atoms with Gasteiger partial charge in [-0.15, -0.1) is 11.3 Å². The maximum Gasteiger partial charge on any atom is 0.213 e. The SMILES string of the molecule is CC1(C)c2ccccc2-c2cccc(-n3c4ccc(-c5ccc6c(c5)c5c7ccccc7sc5n6-c5cccc6c5C(C)(C)c5ccccc5-6)cc4c4c5ccccc5oc43)c21. The van der Waals surface area contributed by atoms with Gasteiger partial charge in [0.2, 0.25) is 5.71 Å². The Balaban J connectivity index is 1.01. The van der Waals surface area contributed by atoms with E-state index < -0.39 is 0 Å². The smallest absolute Gasteiger partial charge is 0.213 e. The summed E-state index contributed by atoms with van der Waals surface area (Å²) in [5.41, 5.74) is 19.4. The van der Waals surface area contributed by atoms with E-state index in [1.807, 2.05) is 11.3 Å². The maximum atomic E-state index is 6.88. The molecular formula is C58H40N2OS. The van der Waals surface area contributed by atoms with Gasteiger partial charge in [-0.25, -0.2) is 0 Å². The summed E-state index contributed by atoms with van der Waals surface area (Å²) in [5.74, 6) is 0. The van der Waals surface area contributed by atoms with Crippen molar-refractivity contribution >= 4 is 75.5 Å². The minimum atomic E-state index is -0.181. The zero-order chi connectivity index (χ0) is 41.2. The van der Waals surface area contributed by atoms with Gasteiger partial charge in [0.1, 0.15) is 10.4 Å². The van der Waals surface area contributed by atoms with Crippen LogP contribution in [0.3, 0.4) is 0 Å². The van der Waals surface area contributed by atoms with Crippen molar-refractivity contribution < 1.29 is 4.42 Å². The van der Waals surface area contributed by atoms with E-state index in [2.05, 4.69) is 207 Å². The Hall–Kier alpha value is -7.14. The Labute approximate surface area is 362 Å². The van der Waals surface area contributed by atoms with Gasteiger partial charge in [0.25, 0.3) is 0 Å². The van der Waals surface area contributed by atoms with Crippen molar-refractivity contribution in [2.75, 3.05) is 0 Å². The number of rotatable bonds is 3. The van der Waals surface area contributed by atoms with E-state index in [9.17, 15) is 0 Å². The molecule has 4 heteroatoms. The van der Waals surface area contributed by atoms with E-state index >= 15 is 0 Å². The molecule has 0 amide bonds. The summed E-state index contributed by atoms with van der Waals surface area (Å²) in [6, 6.07) is 63.1. The lowest BCUT2D eigenvalue weighted by Gasteiger charge is -2.25. The number of furan rings is 1. The highest BCUT2D eigenvalue weighted by atomic mass is 32.1. The molecular weight excluding hydrogens is 773 g/mol. The molecule has 0 N–H and O–H groups in total. The highest BCUT2D eigenvalue weighted by Crippen LogP contribution is 2.54. The molecule has 0 fully saturated rings. The quantitative estimate of drug-likeness (QED) is 0.174. The molecule has 3 nitrogen and oxygen atoms in total. The van der Waals surface area contributed by atoms with Crippen molar-refractivity contribution in [3.63, 3.8) is 0 Å². The first-order valence-corrected chi connectivity index (χ1v) is 22.5. The Bertz CT molecular complexity index is 3680. The highest BCUT2D eigenvalue weighted by Gasteiger charge is 2.40. The third-order valence-electron chi connectivity index (χ3n) is 14.5. The minimum Gasteiger partial charge on any atom is -0.439 e. The van der Waals surface area contributed by atoms with Crippen LogP contribution in [0.4, 0.5) is 0 Å². The van der Waals surface area contributed by atoms with E-state index in [0.29, 0.717) is 0 Å². The van der Waals surface area contributed by atoms with E-state index in [4.69, 9.17) is 4.42 Å². The average Bonchev–Trinajstić information content (AvgIpc) is 4.11. The van der Waals surface area contributed by atoms with Crippen LogP contribution in [0.15, 0.2) is 174 Å². The Kier molecular flexibility index (Phi) is 6.59. The second kappa shape index (κ2) is 11.8. The number of aromatic nitrogens is 2. The fourth-order valence-electron chi connectivity index (χ4n) is 11.8. The van der Waals surface area contributed by atoms with Crippen LogP contribution in [-0.4, -0.2) is 9.13 Å². The molecule has 12 aromatic rings. The number of nitrogens with zero attached hydrogens (tertiary/aromatic N) is 2. The zero-order valence-electron chi connectivity index (χ0n) is 34.9.